The molecule has 0 aromatic carbocycles. The summed E-state index contributed by atoms with van der Waals surface area (Å²) >= 11 is 1.74. The summed E-state index contributed by atoms with van der Waals surface area (Å²) in [6, 6.07) is 0.303. The van der Waals surface area contributed by atoms with Gasteiger partial charge in [0.15, 0.2) is 0 Å². The van der Waals surface area contributed by atoms with Crippen LogP contribution in [0, 0.1) is 18.8 Å². The third-order valence-corrected chi connectivity index (χ3v) is 7.27. The number of aryl methyl sites for hydroxylation is 1. The van der Waals surface area contributed by atoms with Gasteiger partial charge < -0.3 is 10.2 Å². The number of carbonyl (C=O) groups excluding carboxylic acids is 1. The molecule has 3 heterocycles. The van der Waals surface area contributed by atoms with Crippen LogP contribution < -0.4 is 10.2 Å². The van der Waals surface area contributed by atoms with Crippen LogP contribution >= 0.6 is 11.3 Å². The molecular weight excluding hydrogens is 380 g/mol. The van der Waals surface area contributed by atoms with Crippen molar-refractivity contribution in [3.05, 3.63) is 16.8 Å². The summed E-state index contributed by atoms with van der Waals surface area (Å²) in [4.78, 5) is 25.7. The van der Waals surface area contributed by atoms with E-state index >= 15 is 0 Å². The van der Waals surface area contributed by atoms with Crippen LogP contribution in [0.5, 0.6) is 0 Å². The second-order valence-electron chi connectivity index (χ2n) is 9.24. The molecule has 0 atom stereocenters. The molecule has 29 heavy (non-hydrogen) atoms. The Morgan fingerprint density at radius 3 is 2.59 bits per heavy atom. The lowest BCUT2D eigenvalue weighted by Gasteiger charge is -2.34. The van der Waals surface area contributed by atoms with Crippen molar-refractivity contribution >= 4 is 33.3 Å². The van der Waals surface area contributed by atoms with Gasteiger partial charge in [-0.15, -0.1) is 11.3 Å². The maximum Gasteiger partial charge on any atom is 0.223 e. The number of hydrogen-bond acceptors (Lipinski definition) is 5. The zero-order valence-electron chi connectivity index (χ0n) is 18.0. The van der Waals surface area contributed by atoms with Crippen molar-refractivity contribution < 1.29 is 4.79 Å². The normalized spacial score (nSPS) is 19.2. The molecule has 4 rings (SSSR count). The van der Waals surface area contributed by atoms with E-state index in [1.807, 2.05) is 6.92 Å². The Bertz CT molecular complexity index is 848. The summed E-state index contributed by atoms with van der Waals surface area (Å²) in [5.41, 5.74) is 1.38. The minimum atomic E-state index is 0.246. The molecule has 2 aliphatic rings. The number of nitrogens with one attached hydrogen (secondary N) is 1. The van der Waals surface area contributed by atoms with E-state index in [-0.39, 0.29) is 5.92 Å². The number of rotatable bonds is 5. The summed E-state index contributed by atoms with van der Waals surface area (Å²) in [6.07, 6.45) is 8.89. The van der Waals surface area contributed by atoms with E-state index < -0.39 is 0 Å². The van der Waals surface area contributed by atoms with E-state index in [9.17, 15) is 4.79 Å². The first-order valence-electron chi connectivity index (χ1n) is 11.3. The molecule has 1 saturated heterocycles. The Kier molecular flexibility index (Phi) is 6.38. The van der Waals surface area contributed by atoms with Crippen LogP contribution in [0.25, 0.3) is 10.2 Å². The van der Waals surface area contributed by atoms with Crippen LogP contribution in [-0.4, -0.2) is 35.0 Å². The van der Waals surface area contributed by atoms with E-state index in [1.165, 1.54) is 30.2 Å². The Morgan fingerprint density at radius 2 is 1.90 bits per heavy atom. The summed E-state index contributed by atoms with van der Waals surface area (Å²) < 4.78 is 0. The SMILES string of the molecule is Cc1nc(N2CCC(NC(=O)C3CCCCC3)CC2)c2c(CC(C)C)csc2n1. The number of amides is 1. The number of aromatic nitrogens is 2. The van der Waals surface area contributed by atoms with Crippen LogP contribution in [0.3, 0.4) is 0 Å². The highest BCUT2D eigenvalue weighted by atomic mass is 32.1. The topological polar surface area (TPSA) is 58.1 Å². The van der Waals surface area contributed by atoms with Crippen molar-refractivity contribution in [2.75, 3.05) is 18.0 Å². The van der Waals surface area contributed by atoms with Gasteiger partial charge in [0, 0.05) is 25.0 Å². The van der Waals surface area contributed by atoms with Crippen LogP contribution in [0.1, 0.15) is 70.2 Å². The highest BCUT2D eigenvalue weighted by Gasteiger charge is 2.27. The molecule has 0 spiro atoms. The monoisotopic (exact) mass is 414 g/mol. The molecule has 1 aliphatic heterocycles. The number of anilines is 1. The fourth-order valence-corrected chi connectivity index (χ4v) is 5.82. The molecule has 1 aliphatic carbocycles. The quantitative estimate of drug-likeness (QED) is 0.759. The van der Waals surface area contributed by atoms with Gasteiger partial charge in [0.1, 0.15) is 16.5 Å². The van der Waals surface area contributed by atoms with Gasteiger partial charge in [-0.1, -0.05) is 33.1 Å². The van der Waals surface area contributed by atoms with E-state index in [0.717, 1.165) is 61.7 Å². The lowest BCUT2D eigenvalue weighted by molar-refractivity contribution is -0.126. The van der Waals surface area contributed by atoms with Gasteiger partial charge >= 0.3 is 0 Å². The lowest BCUT2D eigenvalue weighted by atomic mass is 9.88. The largest absolute Gasteiger partial charge is 0.356 e. The standard InChI is InChI=1S/C23H34N4OS/c1-15(2)13-18-14-29-23-20(18)21(24-16(3)25-23)27-11-9-19(10-12-27)26-22(28)17-7-5-4-6-8-17/h14-15,17,19H,4-13H2,1-3H3,(H,26,28). The van der Waals surface area contributed by atoms with Gasteiger partial charge in [-0.2, -0.15) is 0 Å². The molecule has 1 N–H and O–H groups in total. The fourth-order valence-electron chi connectivity index (χ4n) is 4.82. The number of thiophene rings is 1. The summed E-state index contributed by atoms with van der Waals surface area (Å²) in [5, 5.41) is 6.86. The highest BCUT2D eigenvalue weighted by molar-refractivity contribution is 7.17. The molecule has 2 aromatic heterocycles. The molecule has 158 valence electrons. The third-order valence-electron chi connectivity index (χ3n) is 6.35. The van der Waals surface area contributed by atoms with Crippen molar-refractivity contribution in [2.45, 2.75) is 78.2 Å². The van der Waals surface area contributed by atoms with Crippen molar-refractivity contribution in [3.63, 3.8) is 0 Å². The summed E-state index contributed by atoms with van der Waals surface area (Å²) in [6.45, 7) is 8.40. The van der Waals surface area contributed by atoms with Crippen LogP contribution in [0.4, 0.5) is 5.82 Å². The Morgan fingerprint density at radius 1 is 1.17 bits per heavy atom. The van der Waals surface area contributed by atoms with Gasteiger partial charge in [0.05, 0.1) is 5.39 Å². The average molecular weight is 415 g/mol. The Labute approximate surface area is 178 Å². The minimum absolute atomic E-state index is 0.246. The summed E-state index contributed by atoms with van der Waals surface area (Å²) in [5.74, 6) is 3.10. The predicted octanol–water partition coefficient (Wildman–Crippen LogP) is 4.86. The third kappa shape index (κ3) is 4.73. The predicted molar refractivity (Wildman–Crippen MR) is 121 cm³/mol. The van der Waals surface area contributed by atoms with Gasteiger partial charge in [-0.05, 0) is 55.9 Å². The maximum absolute atomic E-state index is 12.6. The first kappa shape index (κ1) is 20.6. The molecule has 2 fully saturated rings. The zero-order valence-corrected chi connectivity index (χ0v) is 18.9. The maximum atomic E-state index is 12.6. The molecule has 1 amide bonds. The van der Waals surface area contributed by atoms with Crippen LogP contribution in [-0.2, 0) is 11.2 Å². The molecule has 2 aromatic rings. The first-order valence-corrected chi connectivity index (χ1v) is 12.2. The second-order valence-corrected chi connectivity index (χ2v) is 10.1. The van der Waals surface area contributed by atoms with E-state index in [1.54, 1.807) is 11.3 Å². The van der Waals surface area contributed by atoms with Gasteiger partial charge in [-0.25, -0.2) is 9.97 Å². The number of fused-ring (bicyclic) bond motifs is 1. The number of carbonyl (C=O) groups is 1. The van der Waals surface area contributed by atoms with E-state index in [2.05, 4.69) is 34.4 Å². The van der Waals surface area contributed by atoms with Gasteiger partial charge in [0.25, 0.3) is 0 Å². The fraction of sp³-hybridized carbons (Fsp3) is 0.696. The molecule has 0 radical (unpaired) electrons. The Hall–Kier alpha value is -1.69. The Balaban J connectivity index is 1.44. The van der Waals surface area contributed by atoms with Crippen LogP contribution in [0.2, 0.25) is 0 Å². The smallest absolute Gasteiger partial charge is 0.223 e. The first-order chi connectivity index (χ1) is 14.0. The molecule has 5 nitrogen and oxygen atoms in total. The molecule has 0 bridgehead atoms. The van der Waals surface area contributed by atoms with Crippen molar-refractivity contribution in [1.29, 1.82) is 0 Å². The highest BCUT2D eigenvalue weighted by Crippen LogP contribution is 2.34. The van der Waals surface area contributed by atoms with Crippen LogP contribution in [0.15, 0.2) is 5.38 Å². The van der Waals surface area contributed by atoms with E-state index in [4.69, 9.17) is 4.98 Å². The van der Waals surface area contributed by atoms with E-state index in [0.29, 0.717) is 17.9 Å². The van der Waals surface area contributed by atoms with Gasteiger partial charge in [-0.3, -0.25) is 4.79 Å². The number of nitrogens with zero attached hydrogens (tertiary/aromatic N) is 3. The van der Waals surface area contributed by atoms with Crippen molar-refractivity contribution in [3.8, 4) is 0 Å². The number of piperidine rings is 1. The van der Waals surface area contributed by atoms with Crippen molar-refractivity contribution in [1.82, 2.24) is 15.3 Å². The molecule has 1 saturated carbocycles. The zero-order chi connectivity index (χ0) is 20.4. The lowest BCUT2D eigenvalue weighted by Crippen LogP contribution is -2.46. The van der Waals surface area contributed by atoms with Crippen molar-refractivity contribution in [2.24, 2.45) is 11.8 Å². The molecule has 0 unspecified atom stereocenters. The number of hydrogen-bond donors (Lipinski definition) is 1. The minimum Gasteiger partial charge on any atom is -0.356 e. The molecule has 6 heteroatoms. The average Bonchev–Trinajstić information content (AvgIpc) is 3.10. The van der Waals surface area contributed by atoms with Gasteiger partial charge in [0.2, 0.25) is 5.91 Å². The molecular formula is C23H34N4OS. The second kappa shape index (κ2) is 8.99. The summed E-state index contributed by atoms with van der Waals surface area (Å²) in [7, 11) is 0.